The minimum atomic E-state index is -0.0887. The van der Waals surface area contributed by atoms with Gasteiger partial charge >= 0.3 is 0 Å². The number of anilines is 1. The zero-order chi connectivity index (χ0) is 19.7. The van der Waals surface area contributed by atoms with Gasteiger partial charge in [0.05, 0.1) is 29.4 Å². The summed E-state index contributed by atoms with van der Waals surface area (Å²) in [5.41, 5.74) is 5.94. The van der Waals surface area contributed by atoms with Gasteiger partial charge in [-0.05, 0) is 25.1 Å². The highest BCUT2D eigenvalue weighted by Gasteiger charge is 2.20. The summed E-state index contributed by atoms with van der Waals surface area (Å²) in [4.78, 5) is 14.0. The van der Waals surface area contributed by atoms with E-state index < -0.39 is 0 Å². The Labute approximate surface area is 168 Å². The molecule has 0 amide bonds. The molecule has 2 heterocycles. The van der Waals surface area contributed by atoms with Gasteiger partial charge in [-0.3, -0.25) is 10.2 Å². The Kier molecular flexibility index (Phi) is 5.24. The number of halogens is 1. The molecule has 1 N–H and O–H groups in total. The van der Waals surface area contributed by atoms with Gasteiger partial charge in [0.15, 0.2) is 11.6 Å². The van der Waals surface area contributed by atoms with Crippen LogP contribution in [0, 0.1) is 0 Å². The fourth-order valence-corrected chi connectivity index (χ4v) is 4.09. The summed E-state index contributed by atoms with van der Waals surface area (Å²) in [6.07, 6.45) is 0. The average molecular weight is 399 g/mol. The Morgan fingerprint density at radius 2 is 1.93 bits per heavy atom. The number of morpholine rings is 1. The lowest BCUT2D eigenvalue weighted by molar-refractivity contribution is -0.112. The number of carbonyl (C=O) groups is 1. The van der Waals surface area contributed by atoms with Gasteiger partial charge < -0.3 is 14.2 Å². The summed E-state index contributed by atoms with van der Waals surface area (Å²) in [5, 5.41) is 7.10. The van der Waals surface area contributed by atoms with Gasteiger partial charge in [-0.2, -0.15) is 5.10 Å². The van der Waals surface area contributed by atoms with E-state index in [2.05, 4.69) is 34.2 Å². The molecule has 1 aliphatic rings. The van der Waals surface area contributed by atoms with Gasteiger partial charge in [-0.25, -0.2) is 0 Å². The molecule has 0 atom stereocenters. The van der Waals surface area contributed by atoms with Gasteiger partial charge in [-0.1, -0.05) is 29.8 Å². The van der Waals surface area contributed by atoms with Crippen molar-refractivity contribution in [3.8, 4) is 0 Å². The van der Waals surface area contributed by atoms with Crippen LogP contribution in [0.4, 0.5) is 5.69 Å². The summed E-state index contributed by atoms with van der Waals surface area (Å²) in [5.74, 6) is 0.310. The molecule has 3 aromatic rings. The number of nitrogens with one attached hydrogen (secondary N) is 1. The highest BCUT2D eigenvalue weighted by atomic mass is 35.5. The molecule has 1 aromatic heterocycles. The number of aromatic nitrogens is 1. The van der Waals surface area contributed by atoms with Gasteiger partial charge in [0.25, 0.3) is 0 Å². The molecule has 0 radical (unpaired) electrons. The van der Waals surface area contributed by atoms with Crippen molar-refractivity contribution in [1.82, 2.24) is 9.47 Å². The molecule has 0 bridgehead atoms. The summed E-state index contributed by atoms with van der Waals surface area (Å²) in [7, 11) is 0. The Balaban J connectivity index is 1.76. The topological polar surface area (TPSA) is 58.9 Å². The predicted molar refractivity (Wildman–Crippen MR) is 114 cm³/mol. The molecule has 28 heavy (non-hydrogen) atoms. The lowest BCUT2D eigenvalue weighted by Gasteiger charge is -2.28. The van der Waals surface area contributed by atoms with E-state index in [0.717, 1.165) is 28.4 Å². The van der Waals surface area contributed by atoms with Crippen molar-refractivity contribution in [1.29, 1.82) is 0 Å². The van der Waals surface area contributed by atoms with Crippen LogP contribution in [-0.4, -0.2) is 47.4 Å². The number of Topliss-reactive ketones (excluding diaryl/α,β-unsaturated/α-hetero) is 1. The Bertz CT molecular complexity index is 1070. The van der Waals surface area contributed by atoms with Gasteiger partial charge in [0, 0.05) is 42.8 Å². The number of rotatable bonds is 4. The second-order valence-electron chi connectivity index (χ2n) is 6.79. The minimum absolute atomic E-state index is 0.0887. The fourth-order valence-electron chi connectivity index (χ4n) is 3.78. The van der Waals surface area contributed by atoms with Crippen LogP contribution in [0.2, 0.25) is 5.02 Å². The normalized spacial score (nSPS) is 15.4. The number of ketones is 1. The highest BCUT2D eigenvalue weighted by molar-refractivity contribution is 6.41. The molecule has 7 heteroatoms. The monoisotopic (exact) mass is 398 g/mol. The quantitative estimate of drug-likeness (QED) is 0.408. The number of hydrogen-bond acceptors (Lipinski definition) is 4. The van der Waals surface area contributed by atoms with E-state index in [1.165, 1.54) is 6.92 Å². The molecule has 6 nitrogen and oxygen atoms in total. The predicted octanol–water partition coefficient (Wildman–Crippen LogP) is 4.11. The zero-order valence-corrected chi connectivity index (χ0v) is 16.8. The Morgan fingerprint density at radius 1 is 1.18 bits per heavy atom. The fraction of sp³-hybridized carbons (Fsp3) is 0.333. The average Bonchev–Trinajstić information content (AvgIpc) is 3.04. The SMILES string of the molecule is CCn1c2ccccc2c2c(Cl)c(N/N=C(\C(C)=O)N3CCOCC3)ccc21. The summed E-state index contributed by atoms with van der Waals surface area (Å²) in [6, 6.07) is 12.2. The smallest absolute Gasteiger partial charge is 0.196 e. The third-order valence-electron chi connectivity index (χ3n) is 5.10. The first-order valence-electron chi connectivity index (χ1n) is 9.48. The number of aryl methyl sites for hydroxylation is 1. The molecule has 1 saturated heterocycles. The van der Waals surface area contributed by atoms with Crippen molar-refractivity contribution in [2.75, 3.05) is 31.7 Å². The standard InChI is InChI=1S/C21H23ClN4O2/c1-3-26-17-7-5-4-6-15(17)19-18(26)9-8-16(20(19)22)23-24-21(14(2)27)25-10-12-28-13-11-25/h4-9,23H,3,10-13H2,1-2H3/b24-21+. The van der Waals surface area contributed by atoms with Crippen LogP contribution in [0.3, 0.4) is 0 Å². The molecule has 0 aliphatic carbocycles. The van der Waals surface area contributed by atoms with E-state index in [1.807, 2.05) is 29.2 Å². The van der Waals surface area contributed by atoms with Crippen LogP contribution < -0.4 is 5.43 Å². The Hall–Kier alpha value is -2.57. The number of amidine groups is 1. The molecular formula is C21H23ClN4O2. The first kappa shape index (κ1) is 18.8. The molecule has 0 unspecified atom stereocenters. The van der Waals surface area contributed by atoms with E-state index in [1.54, 1.807) is 0 Å². The number of fused-ring (bicyclic) bond motifs is 3. The van der Waals surface area contributed by atoms with Crippen molar-refractivity contribution in [3.05, 3.63) is 41.4 Å². The lowest BCUT2D eigenvalue weighted by atomic mass is 10.1. The first-order valence-corrected chi connectivity index (χ1v) is 9.86. The van der Waals surface area contributed by atoms with Crippen molar-refractivity contribution in [2.45, 2.75) is 20.4 Å². The summed E-state index contributed by atoms with van der Waals surface area (Å²) in [6.45, 7) is 6.99. The van der Waals surface area contributed by atoms with Gasteiger partial charge in [0.2, 0.25) is 0 Å². The maximum absolute atomic E-state index is 12.1. The van der Waals surface area contributed by atoms with Crippen LogP contribution in [-0.2, 0) is 16.1 Å². The van der Waals surface area contributed by atoms with Crippen LogP contribution in [0.5, 0.6) is 0 Å². The van der Waals surface area contributed by atoms with Crippen LogP contribution in [0.1, 0.15) is 13.8 Å². The van der Waals surface area contributed by atoms with Crippen molar-refractivity contribution >= 4 is 50.7 Å². The summed E-state index contributed by atoms with van der Waals surface area (Å²) >= 11 is 6.78. The Morgan fingerprint density at radius 3 is 2.64 bits per heavy atom. The molecule has 1 fully saturated rings. The molecule has 1 aliphatic heterocycles. The third-order valence-corrected chi connectivity index (χ3v) is 5.49. The van der Waals surface area contributed by atoms with E-state index in [-0.39, 0.29) is 5.78 Å². The number of para-hydroxylation sites is 1. The number of benzene rings is 2. The maximum Gasteiger partial charge on any atom is 0.196 e. The number of hydrogen-bond donors (Lipinski definition) is 1. The second kappa shape index (κ2) is 7.81. The van der Waals surface area contributed by atoms with Crippen LogP contribution >= 0.6 is 11.6 Å². The van der Waals surface area contributed by atoms with Gasteiger partial charge in [0.1, 0.15) is 0 Å². The van der Waals surface area contributed by atoms with Crippen molar-refractivity contribution in [2.24, 2.45) is 5.10 Å². The molecular weight excluding hydrogens is 376 g/mol. The molecule has 0 saturated carbocycles. The molecule has 0 spiro atoms. The van der Waals surface area contributed by atoms with Crippen LogP contribution in [0.15, 0.2) is 41.5 Å². The van der Waals surface area contributed by atoms with E-state index in [9.17, 15) is 4.79 Å². The van der Waals surface area contributed by atoms with E-state index >= 15 is 0 Å². The number of nitrogens with zero attached hydrogens (tertiary/aromatic N) is 3. The molecule has 4 rings (SSSR count). The highest BCUT2D eigenvalue weighted by Crippen LogP contribution is 2.38. The number of ether oxygens (including phenoxy) is 1. The lowest BCUT2D eigenvalue weighted by Crippen LogP contribution is -2.44. The second-order valence-corrected chi connectivity index (χ2v) is 7.16. The molecule has 146 valence electrons. The third kappa shape index (κ3) is 3.23. The number of carbonyl (C=O) groups excluding carboxylic acids is 1. The maximum atomic E-state index is 12.1. The van der Waals surface area contributed by atoms with E-state index in [0.29, 0.717) is 42.8 Å². The largest absolute Gasteiger partial charge is 0.378 e. The van der Waals surface area contributed by atoms with Crippen molar-refractivity contribution < 1.29 is 9.53 Å². The number of hydrazone groups is 1. The minimum Gasteiger partial charge on any atom is -0.378 e. The molecule has 2 aromatic carbocycles. The van der Waals surface area contributed by atoms with Crippen LogP contribution in [0.25, 0.3) is 21.8 Å². The van der Waals surface area contributed by atoms with Gasteiger partial charge in [-0.15, -0.1) is 0 Å². The summed E-state index contributed by atoms with van der Waals surface area (Å²) < 4.78 is 7.61. The zero-order valence-electron chi connectivity index (χ0n) is 16.0. The first-order chi connectivity index (χ1) is 13.6. The van der Waals surface area contributed by atoms with E-state index in [4.69, 9.17) is 16.3 Å². The van der Waals surface area contributed by atoms with Crippen molar-refractivity contribution in [3.63, 3.8) is 0 Å².